The lowest BCUT2D eigenvalue weighted by atomic mass is 10.1. The van der Waals surface area contributed by atoms with Crippen LogP contribution in [0.1, 0.15) is 63.4 Å². The molecule has 0 bridgehead atoms. The summed E-state index contributed by atoms with van der Waals surface area (Å²) in [7, 11) is -3.21. The van der Waals surface area contributed by atoms with Gasteiger partial charge in [-0.2, -0.15) is 4.31 Å². The Kier molecular flexibility index (Phi) is 11.0. The highest BCUT2D eigenvalue weighted by Gasteiger charge is 2.31. The number of rotatable bonds is 14. The van der Waals surface area contributed by atoms with E-state index < -0.39 is 10.0 Å². The van der Waals surface area contributed by atoms with Gasteiger partial charge in [0.2, 0.25) is 10.0 Å². The van der Waals surface area contributed by atoms with E-state index in [0.29, 0.717) is 13.0 Å². The molecule has 32 heavy (non-hydrogen) atoms. The second-order valence-corrected chi connectivity index (χ2v) is 11.7. The van der Waals surface area contributed by atoms with Gasteiger partial charge in [0.15, 0.2) is 0 Å². The van der Waals surface area contributed by atoms with Crippen LogP contribution < -0.4 is 0 Å². The van der Waals surface area contributed by atoms with E-state index in [1.165, 1.54) is 5.56 Å². The Labute approximate surface area is 199 Å². The Morgan fingerprint density at radius 2 is 1.81 bits per heavy atom. The molecule has 6 nitrogen and oxygen atoms in total. The monoisotopic (exact) mass is 481 g/mol. The van der Waals surface area contributed by atoms with Crippen molar-refractivity contribution in [3.05, 3.63) is 30.1 Å². The van der Waals surface area contributed by atoms with Crippen molar-refractivity contribution in [2.45, 2.75) is 70.3 Å². The van der Waals surface area contributed by atoms with Gasteiger partial charge in [-0.15, -0.1) is 0 Å². The Bertz CT molecular complexity index is 777. The van der Waals surface area contributed by atoms with Crippen LogP contribution >= 0.6 is 12.2 Å². The lowest BCUT2D eigenvalue weighted by molar-refractivity contribution is 0.0366. The molecule has 0 unspecified atom stereocenters. The molecule has 0 atom stereocenters. The van der Waals surface area contributed by atoms with Gasteiger partial charge in [0.05, 0.1) is 19.0 Å². The summed E-state index contributed by atoms with van der Waals surface area (Å²) in [4.78, 5) is 7.46. The van der Waals surface area contributed by atoms with Crippen molar-refractivity contribution in [1.29, 1.82) is 0 Å². The number of ether oxygens (including phenoxy) is 1. The molecular formula is C24H39N3O3S2. The van der Waals surface area contributed by atoms with E-state index in [1.54, 1.807) is 12.4 Å². The summed E-state index contributed by atoms with van der Waals surface area (Å²) < 4.78 is 33.7. The second-order valence-electron chi connectivity index (χ2n) is 9.05. The topological polar surface area (TPSA) is 62.7 Å². The molecular weight excluding hydrogens is 442 g/mol. The number of hydrogen-bond acceptors (Lipinski definition) is 6. The lowest BCUT2D eigenvalue weighted by Crippen LogP contribution is -2.43. The van der Waals surface area contributed by atoms with Gasteiger partial charge in [-0.1, -0.05) is 31.5 Å². The minimum Gasteiger partial charge on any atom is -0.379 e. The molecule has 2 aliphatic rings. The van der Waals surface area contributed by atoms with Gasteiger partial charge in [0.1, 0.15) is 0 Å². The van der Waals surface area contributed by atoms with Crippen LogP contribution in [0.2, 0.25) is 0 Å². The molecule has 8 heteroatoms. The average molecular weight is 482 g/mol. The molecule has 3 rings (SSSR count). The standard InChI is InChI=1S/C24H39N3O3S2/c28-32(29,20-5-1-2-9-24(31)21-22-10-12-25-13-11-22)27(23-7-3-4-8-23)15-6-14-26-16-18-30-19-17-26/h10-13,23H,1-9,14-21H2. The van der Waals surface area contributed by atoms with E-state index in [1.807, 2.05) is 16.4 Å². The Morgan fingerprint density at radius 1 is 1.09 bits per heavy atom. The van der Waals surface area contributed by atoms with Gasteiger partial charge in [-0.05, 0) is 67.6 Å². The molecule has 0 radical (unpaired) electrons. The van der Waals surface area contributed by atoms with E-state index >= 15 is 0 Å². The zero-order valence-corrected chi connectivity index (χ0v) is 20.9. The molecule has 1 aromatic rings. The van der Waals surface area contributed by atoms with Gasteiger partial charge >= 0.3 is 0 Å². The minimum absolute atomic E-state index is 0.206. The number of morpholine rings is 1. The maximum absolute atomic E-state index is 13.2. The van der Waals surface area contributed by atoms with Crippen molar-refractivity contribution < 1.29 is 13.2 Å². The van der Waals surface area contributed by atoms with Crippen molar-refractivity contribution in [3.63, 3.8) is 0 Å². The van der Waals surface area contributed by atoms with Crippen molar-refractivity contribution >= 4 is 27.1 Å². The average Bonchev–Trinajstić information content (AvgIpc) is 3.32. The molecule has 2 fully saturated rings. The minimum atomic E-state index is -3.21. The highest BCUT2D eigenvalue weighted by atomic mass is 32.2. The first-order valence-electron chi connectivity index (χ1n) is 12.2. The predicted octanol–water partition coefficient (Wildman–Crippen LogP) is 3.85. The quantitative estimate of drug-likeness (QED) is 0.297. The molecule has 2 heterocycles. The van der Waals surface area contributed by atoms with E-state index in [2.05, 4.69) is 9.88 Å². The van der Waals surface area contributed by atoms with Gasteiger partial charge in [0.25, 0.3) is 0 Å². The van der Waals surface area contributed by atoms with Crippen LogP contribution in [0.3, 0.4) is 0 Å². The Balaban J connectivity index is 1.39. The van der Waals surface area contributed by atoms with Crippen molar-refractivity contribution in [2.75, 3.05) is 45.1 Å². The van der Waals surface area contributed by atoms with Crippen molar-refractivity contribution in [2.24, 2.45) is 0 Å². The first-order valence-corrected chi connectivity index (χ1v) is 14.3. The summed E-state index contributed by atoms with van der Waals surface area (Å²) >= 11 is 5.52. The number of thiocarbonyl (C=S) groups is 1. The molecule has 0 spiro atoms. The zero-order valence-electron chi connectivity index (χ0n) is 19.3. The van der Waals surface area contributed by atoms with Crippen LogP contribution in [0.15, 0.2) is 24.5 Å². The highest BCUT2D eigenvalue weighted by molar-refractivity contribution is 7.89. The number of unbranched alkanes of at least 4 members (excludes halogenated alkanes) is 2. The predicted molar refractivity (Wildman–Crippen MR) is 134 cm³/mol. The molecule has 0 N–H and O–H groups in total. The molecule has 0 amide bonds. The number of hydrogen-bond donors (Lipinski definition) is 0. The normalized spacial score (nSPS) is 18.4. The molecule has 0 aromatic carbocycles. The van der Waals surface area contributed by atoms with E-state index in [-0.39, 0.29) is 11.8 Å². The fourth-order valence-corrected chi connectivity index (χ4v) is 6.92. The summed E-state index contributed by atoms with van der Waals surface area (Å²) in [5.74, 6) is 0.262. The SMILES string of the molecule is O=S(=O)(CCCCCC(=S)Cc1ccncc1)N(CCCN1CCOCC1)C1CCCC1. The van der Waals surface area contributed by atoms with Crippen molar-refractivity contribution in [3.8, 4) is 0 Å². The van der Waals surface area contributed by atoms with Gasteiger partial charge < -0.3 is 4.74 Å². The molecule has 1 saturated carbocycles. The molecule has 1 saturated heterocycles. The third-order valence-electron chi connectivity index (χ3n) is 6.55. The summed E-state index contributed by atoms with van der Waals surface area (Å²) in [5, 5.41) is 0. The summed E-state index contributed by atoms with van der Waals surface area (Å²) in [6.45, 7) is 5.10. The van der Waals surface area contributed by atoms with Crippen LogP contribution in [0.4, 0.5) is 0 Å². The first kappa shape index (κ1) is 25.7. The Hall–Kier alpha value is -0.930. The number of pyridine rings is 1. The summed E-state index contributed by atoms with van der Waals surface area (Å²) in [6.07, 6.45) is 13.1. The van der Waals surface area contributed by atoms with Crippen LogP contribution in [0.5, 0.6) is 0 Å². The number of aromatic nitrogens is 1. The molecule has 180 valence electrons. The second kappa shape index (κ2) is 13.7. The number of nitrogens with zero attached hydrogens (tertiary/aromatic N) is 3. The van der Waals surface area contributed by atoms with E-state index in [4.69, 9.17) is 17.0 Å². The van der Waals surface area contributed by atoms with Crippen molar-refractivity contribution in [1.82, 2.24) is 14.2 Å². The Morgan fingerprint density at radius 3 is 2.53 bits per heavy atom. The fourth-order valence-electron chi connectivity index (χ4n) is 4.73. The third kappa shape index (κ3) is 8.78. The molecule has 1 aliphatic carbocycles. The zero-order chi connectivity index (χ0) is 22.7. The van der Waals surface area contributed by atoms with Crippen LogP contribution in [0, 0.1) is 0 Å². The maximum Gasteiger partial charge on any atom is 0.214 e. The third-order valence-corrected chi connectivity index (χ3v) is 8.90. The smallest absolute Gasteiger partial charge is 0.214 e. The van der Waals surface area contributed by atoms with Crippen LogP contribution in [0.25, 0.3) is 0 Å². The van der Waals surface area contributed by atoms with E-state index in [0.717, 1.165) is 95.5 Å². The van der Waals surface area contributed by atoms with Crippen LogP contribution in [-0.4, -0.2) is 78.7 Å². The van der Waals surface area contributed by atoms with Gasteiger partial charge in [-0.25, -0.2) is 8.42 Å². The first-order chi connectivity index (χ1) is 15.5. The van der Waals surface area contributed by atoms with Gasteiger partial charge in [0, 0.05) is 44.5 Å². The lowest BCUT2D eigenvalue weighted by Gasteiger charge is -2.30. The highest BCUT2D eigenvalue weighted by Crippen LogP contribution is 2.26. The largest absolute Gasteiger partial charge is 0.379 e. The molecule has 1 aliphatic heterocycles. The van der Waals surface area contributed by atoms with Gasteiger partial charge in [-0.3, -0.25) is 9.88 Å². The summed E-state index contributed by atoms with van der Waals surface area (Å²) in [5.41, 5.74) is 1.19. The van der Waals surface area contributed by atoms with E-state index in [9.17, 15) is 8.42 Å². The molecule has 1 aromatic heterocycles. The maximum atomic E-state index is 13.2. The fraction of sp³-hybridized carbons (Fsp3) is 0.750. The van der Waals surface area contributed by atoms with Crippen LogP contribution in [-0.2, 0) is 21.2 Å². The number of sulfonamides is 1. The summed E-state index contributed by atoms with van der Waals surface area (Å²) in [6, 6.07) is 4.20.